The average molecular weight is 895 g/mol. The molecule has 0 aliphatic carbocycles. The van der Waals surface area contributed by atoms with Crippen molar-refractivity contribution in [2.45, 2.75) is 55.2 Å². The fraction of sp³-hybridized carbons (Fsp3) is 0.583. The van der Waals surface area contributed by atoms with E-state index in [4.69, 9.17) is 43.6 Å². The molecule has 11 atom stereocenters. The van der Waals surface area contributed by atoms with E-state index < -0.39 is 115 Å². The molecule has 0 spiro atoms. The molecular weight excluding hydrogens is 857 g/mol. The summed E-state index contributed by atoms with van der Waals surface area (Å²) in [5, 5.41) is 42.5. The Morgan fingerprint density at radius 2 is 1.32 bits per heavy atom. The molecule has 33 heteroatoms. The van der Waals surface area contributed by atoms with E-state index in [0.29, 0.717) is 0 Å². The molecule has 4 aromatic heterocycles. The second kappa shape index (κ2) is 16.5. The van der Waals surface area contributed by atoms with Gasteiger partial charge < -0.3 is 65.5 Å². The van der Waals surface area contributed by atoms with Crippen LogP contribution in [-0.2, 0) is 60.1 Å². The van der Waals surface area contributed by atoms with Crippen LogP contribution < -0.4 is 31.7 Å². The zero-order valence-corrected chi connectivity index (χ0v) is 32.4. The van der Waals surface area contributed by atoms with Crippen molar-refractivity contribution < 1.29 is 90.4 Å². The Balaban J connectivity index is 1.02. The molecule has 5 unspecified atom stereocenters. The summed E-state index contributed by atoms with van der Waals surface area (Å²) in [5.74, 6) is -0.512. The Morgan fingerprint density at radius 1 is 0.825 bits per heavy atom. The lowest BCUT2D eigenvalue weighted by molar-refractivity contribution is -0.746. The Morgan fingerprint density at radius 3 is 1.84 bits per heavy atom. The monoisotopic (exact) mass is 894 g/mol. The van der Waals surface area contributed by atoms with Crippen LogP contribution in [0.3, 0.4) is 0 Å². The second-order valence-electron chi connectivity index (χ2n) is 12.5. The number of aliphatic hydroxyl groups excluding tert-OH is 4. The lowest BCUT2D eigenvalue weighted by atomic mass is 10.1. The number of aromatic amines is 3. The van der Waals surface area contributed by atoms with Crippen molar-refractivity contribution in [2.24, 2.45) is 7.05 Å². The number of nitrogens with one attached hydrogen (secondary N) is 3. The van der Waals surface area contributed by atoms with Crippen molar-refractivity contribution in [1.82, 2.24) is 29.5 Å². The van der Waals surface area contributed by atoms with Gasteiger partial charge in [0, 0.05) is 0 Å². The van der Waals surface area contributed by atoms with E-state index in [0.717, 1.165) is 4.57 Å². The fourth-order valence-corrected chi connectivity index (χ4v) is 8.30. The van der Waals surface area contributed by atoms with Gasteiger partial charge in [-0.05, 0) is 11.8 Å². The van der Waals surface area contributed by atoms with E-state index >= 15 is 0 Å². The summed E-state index contributed by atoms with van der Waals surface area (Å²) in [6, 6.07) is 0. The molecule has 57 heavy (non-hydrogen) atoms. The maximum atomic E-state index is 12.7. The lowest BCUT2D eigenvalue weighted by Crippen LogP contribution is -2.46. The van der Waals surface area contributed by atoms with Crippen molar-refractivity contribution >= 4 is 68.4 Å². The zero-order valence-electron chi connectivity index (χ0n) is 28.9. The van der Waals surface area contributed by atoms with Crippen molar-refractivity contribution in [3.05, 3.63) is 33.4 Å². The van der Waals surface area contributed by atoms with Gasteiger partial charge in [0.1, 0.15) is 42.7 Å². The molecule has 2 aliphatic heterocycles. The van der Waals surface area contributed by atoms with Gasteiger partial charge in [0.25, 0.3) is 23.0 Å². The minimum atomic E-state index is -5.15. The summed E-state index contributed by atoms with van der Waals surface area (Å²) in [5.41, 5.74) is 9.92. The number of nitrogen functional groups attached to an aromatic ring is 2. The van der Waals surface area contributed by atoms with Crippen LogP contribution in [0, 0.1) is 0 Å². The smallest absolute Gasteiger partial charge is 0.387 e. The summed E-state index contributed by atoms with van der Waals surface area (Å²) >= 11 is 4.42. The maximum Gasteiger partial charge on any atom is 0.472 e. The predicted octanol–water partition coefficient (Wildman–Crippen LogP) is -5.63. The summed E-state index contributed by atoms with van der Waals surface area (Å²) in [4.78, 5) is 79.7. The minimum Gasteiger partial charge on any atom is -0.387 e. The Bertz CT molecular complexity index is 2390. The first kappa shape index (κ1) is 43.4. The molecule has 2 saturated heterocycles. The van der Waals surface area contributed by atoms with Gasteiger partial charge in [-0.3, -0.25) is 47.2 Å². The van der Waals surface area contributed by atoms with E-state index in [-0.39, 0.29) is 34.2 Å². The first-order valence-electron chi connectivity index (χ1n) is 16.1. The molecule has 316 valence electrons. The Kier molecular flexibility index (Phi) is 12.5. The van der Waals surface area contributed by atoms with Crippen LogP contribution in [0.1, 0.15) is 12.5 Å². The number of ether oxygens (including phenoxy) is 2. The van der Waals surface area contributed by atoms with Crippen molar-refractivity contribution in [2.75, 3.05) is 37.9 Å². The lowest BCUT2D eigenvalue weighted by Gasteiger charge is -2.23. The van der Waals surface area contributed by atoms with Gasteiger partial charge in [0.2, 0.25) is 23.5 Å². The van der Waals surface area contributed by atoms with Crippen LogP contribution in [0.2, 0.25) is 0 Å². The summed E-state index contributed by atoms with van der Waals surface area (Å²) in [6.07, 6.45) is -11.8. The van der Waals surface area contributed by atoms with Gasteiger partial charge in [-0.25, -0.2) is 18.3 Å². The van der Waals surface area contributed by atoms with Crippen LogP contribution in [-0.4, -0.2) is 139 Å². The molecule has 6 rings (SSSR count). The number of H-pyrrole nitrogens is 3. The zero-order chi connectivity index (χ0) is 41.8. The van der Waals surface area contributed by atoms with Crippen LogP contribution >= 0.6 is 22.4 Å². The minimum absolute atomic E-state index is 0.0199. The number of nitrogens with two attached hydrogens (primary N) is 2. The maximum absolute atomic E-state index is 12.7. The number of nitrogens with zero attached hydrogens (tertiary/aromatic N) is 5. The van der Waals surface area contributed by atoms with E-state index in [1.54, 1.807) is 0 Å². The first-order valence-corrected chi connectivity index (χ1v) is 21.7. The highest BCUT2D eigenvalue weighted by atomic mass is 32.5. The third kappa shape index (κ3) is 9.66. The molecule has 6 heterocycles. The van der Waals surface area contributed by atoms with Gasteiger partial charge in [0.05, 0.1) is 33.5 Å². The molecule has 0 bridgehead atoms. The largest absolute Gasteiger partial charge is 0.472 e. The highest BCUT2D eigenvalue weighted by molar-refractivity contribution is 8.06. The Labute approximate surface area is 321 Å². The molecule has 0 saturated carbocycles. The number of anilines is 2. The van der Waals surface area contributed by atoms with Crippen LogP contribution in [0.25, 0.3) is 22.3 Å². The average Bonchev–Trinajstić information content (AvgIpc) is 3.83. The molecule has 0 aromatic carbocycles. The molecular formula is C24H37N10O19P3S+2. The number of phosphoric acid groups is 2. The number of phosphoric ester groups is 2. The quantitative estimate of drug-likeness (QED) is 0.0368. The normalized spacial score (nSPS) is 28.2. The van der Waals surface area contributed by atoms with Crippen LogP contribution in [0.15, 0.2) is 22.2 Å². The van der Waals surface area contributed by atoms with Gasteiger partial charge >= 0.3 is 33.7 Å². The summed E-state index contributed by atoms with van der Waals surface area (Å²) in [7, 11) is -8.79. The van der Waals surface area contributed by atoms with Gasteiger partial charge in [-0.2, -0.15) is 0 Å². The van der Waals surface area contributed by atoms with Crippen molar-refractivity contribution in [1.29, 1.82) is 0 Å². The molecule has 2 aliphatic rings. The van der Waals surface area contributed by atoms with Crippen LogP contribution in [0.5, 0.6) is 0 Å². The summed E-state index contributed by atoms with van der Waals surface area (Å²) < 4.78 is 64.6. The number of aliphatic hydroxyl groups is 4. The molecule has 2 fully saturated rings. The molecule has 0 radical (unpaired) electrons. The summed E-state index contributed by atoms with van der Waals surface area (Å²) in [6.45, 7) is -8.54. The topological polar surface area (TPSA) is 433 Å². The number of fused-ring (bicyclic) bond motifs is 2. The third-order valence-corrected chi connectivity index (χ3v) is 11.2. The van der Waals surface area contributed by atoms with Gasteiger partial charge in [-0.15, -0.1) is 0 Å². The number of aryl methyl sites for hydroxylation is 1. The van der Waals surface area contributed by atoms with E-state index in [2.05, 4.69) is 36.7 Å². The molecule has 15 N–H and O–H groups in total. The van der Waals surface area contributed by atoms with Crippen molar-refractivity contribution in [3.63, 3.8) is 0 Å². The fourth-order valence-electron chi connectivity index (χ4n) is 5.90. The Hall–Kier alpha value is -3.19. The predicted molar refractivity (Wildman–Crippen MR) is 186 cm³/mol. The number of hydrogen-bond acceptors (Lipinski definition) is 20. The number of imidazole rings is 2. The van der Waals surface area contributed by atoms with Crippen LogP contribution in [0.4, 0.5) is 11.9 Å². The first-order chi connectivity index (χ1) is 26.5. The highest BCUT2D eigenvalue weighted by Gasteiger charge is 2.49. The third-order valence-electron chi connectivity index (χ3n) is 8.46. The number of rotatable bonds is 16. The van der Waals surface area contributed by atoms with E-state index in [9.17, 15) is 58.7 Å². The number of hydrogen-bond donors (Lipinski definition) is 13. The highest BCUT2D eigenvalue weighted by Crippen LogP contribution is 2.48. The standard InChI is InChI=1S/C24H35N10O19P3S/c1-32-7-34(18-12(32)20(40)31-24(26)29-18)22-16(38)14(36)10(52-22)5-50-55(43,44)48-3-8(53-56(45,46)57)2-47-54(41,42)49-4-9-13(35)15(37)21(51-9)33-6-27-11-17(33)28-23(25)30-19(11)39/h6-10,13-16,21-22,35-38H,2-5H2,1H3,(H9-,25,26,28,29,30,31,39,40,41,42,43,44,45,46,57)/p+2/t8?,9?,10-,13-,14-,15-,16-,21-,22?/m1/s1. The van der Waals surface area contributed by atoms with Gasteiger partial charge in [-0.1, -0.05) is 9.97 Å². The van der Waals surface area contributed by atoms with E-state index in [1.165, 1.54) is 28.8 Å². The number of aromatic nitrogens is 8. The molecule has 29 nitrogen and oxygen atoms in total. The SMILES string of the molecule is Cn1c[n+](C2O[C@H](COP(=O)(O)OCC(COP(=O)(O)OCC3O[C@@H]([n+]4c[nH]c5c(=O)[nH]c(N)nc54)[C@H](O)[C@@H]3O)OP(O)(O)=S)[C@@H](O)[C@H]2O)c2nc(N)[nH]c(=O)c21. The second-order valence-corrected chi connectivity index (χ2v) is 18.0. The van der Waals surface area contributed by atoms with Gasteiger partial charge in [0.15, 0.2) is 12.7 Å². The van der Waals surface area contributed by atoms with Crippen molar-refractivity contribution in [3.8, 4) is 0 Å². The molecule has 4 aromatic rings. The molecule has 0 amide bonds. The van der Waals surface area contributed by atoms with E-state index in [1.807, 2.05) is 0 Å².